The first-order valence-corrected chi connectivity index (χ1v) is 5.95. The lowest BCUT2D eigenvalue weighted by Crippen LogP contribution is -2.31. The molecule has 1 saturated heterocycles. The van der Waals surface area contributed by atoms with E-state index in [4.69, 9.17) is 0 Å². The van der Waals surface area contributed by atoms with E-state index in [-0.39, 0.29) is 17.9 Å². The van der Waals surface area contributed by atoms with E-state index in [2.05, 4.69) is 10.1 Å². The Kier molecular flexibility index (Phi) is 3.73. The third-order valence-corrected chi connectivity index (χ3v) is 3.28. The molecule has 1 fully saturated rings. The van der Waals surface area contributed by atoms with Gasteiger partial charge in [0.15, 0.2) is 0 Å². The molecule has 6 heteroatoms. The summed E-state index contributed by atoms with van der Waals surface area (Å²) in [5, 5.41) is 13.4. The molecule has 0 aliphatic carbocycles. The number of aliphatic hydroxyl groups excluding tert-OH is 1. The summed E-state index contributed by atoms with van der Waals surface area (Å²) in [6, 6.07) is 0. The first-order chi connectivity index (χ1) is 8.16. The van der Waals surface area contributed by atoms with Gasteiger partial charge in [-0.3, -0.25) is 9.48 Å². The van der Waals surface area contributed by atoms with Gasteiger partial charge in [-0.05, 0) is 13.3 Å². The van der Waals surface area contributed by atoms with Crippen LogP contribution in [-0.2, 0) is 11.3 Å². The van der Waals surface area contributed by atoms with E-state index in [0.717, 1.165) is 13.0 Å². The molecule has 2 rings (SSSR count). The molecule has 0 bridgehead atoms. The fourth-order valence-corrected chi connectivity index (χ4v) is 2.12. The van der Waals surface area contributed by atoms with Crippen molar-refractivity contribution in [1.29, 1.82) is 0 Å². The van der Waals surface area contributed by atoms with Gasteiger partial charge < -0.3 is 10.0 Å². The van der Waals surface area contributed by atoms with Gasteiger partial charge in [0, 0.05) is 25.4 Å². The molecule has 2 unspecified atom stereocenters. The Hall–Kier alpha value is -1.43. The quantitative estimate of drug-likeness (QED) is 0.795. The predicted molar refractivity (Wildman–Crippen MR) is 61.0 cm³/mol. The number of hydrogen-bond donors (Lipinski definition) is 1. The van der Waals surface area contributed by atoms with E-state index in [9.17, 15) is 9.90 Å². The third kappa shape index (κ3) is 3.03. The van der Waals surface area contributed by atoms with Crippen molar-refractivity contribution in [2.45, 2.75) is 32.4 Å². The maximum absolute atomic E-state index is 11.9. The molecule has 1 aliphatic rings. The fraction of sp³-hybridized carbons (Fsp3) is 0.727. The molecule has 94 valence electrons. The molecule has 2 heterocycles. The Balaban J connectivity index is 1.77. The van der Waals surface area contributed by atoms with Gasteiger partial charge in [0.1, 0.15) is 12.7 Å². The summed E-state index contributed by atoms with van der Waals surface area (Å²) in [5.74, 6) is 0.356. The standard InChI is InChI=1S/C11H18N4O2/c1-9(16)10-2-4-14(6-10)11(17)3-5-15-8-12-7-13-15/h7-10,16H,2-6H2,1H3. The number of nitrogens with zero attached hydrogens (tertiary/aromatic N) is 4. The van der Waals surface area contributed by atoms with E-state index in [1.807, 2.05) is 4.90 Å². The second-order valence-electron chi connectivity index (χ2n) is 4.54. The monoisotopic (exact) mass is 238 g/mol. The number of carbonyl (C=O) groups is 1. The molecule has 0 saturated carbocycles. The van der Waals surface area contributed by atoms with Gasteiger partial charge in [-0.1, -0.05) is 0 Å². The number of aromatic nitrogens is 3. The van der Waals surface area contributed by atoms with Crippen molar-refractivity contribution in [3.05, 3.63) is 12.7 Å². The van der Waals surface area contributed by atoms with Crippen molar-refractivity contribution < 1.29 is 9.90 Å². The minimum absolute atomic E-state index is 0.128. The second-order valence-corrected chi connectivity index (χ2v) is 4.54. The van der Waals surface area contributed by atoms with E-state index < -0.39 is 0 Å². The molecule has 1 N–H and O–H groups in total. The summed E-state index contributed by atoms with van der Waals surface area (Å²) in [6.07, 6.45) is 4.07. The maximum atomic E-state index is 11.9. The highest BCUT2D eigenvalue weighted by Gasteiger charge is 2.28. The largest absolute Gasteiger partial charge is 0.393 e. The molecule has 6 nitrogen and oxygen atoms in total. The number of likely N-dealkylation sites (tertiary alicyclic amines) is 1. The van der Waals surface area contributed by atoms with Gasteiger partial charge in [0.25, 0.3) is 0 Å². The molecule has 1 aliphatic heterocycles. The maximum Gasteiger partial charge on any atom is 0.224 e. The Morgan fingerprint density at radius 2 is 2.47 bits per heavy atom. The zero-order valence-corrected chi connectivity index (χ0v) is 9.99. The highest BCUT2D eigenvalue weighted by atomic mass is 16.3. The number of amides is 1. The smallest absolute Gasteiger partial charge is 0.224 e. The van der Waals surface area contributed by atoms with Crippen molar-refractivity contribution in [2.75, 3.05) is 13.1 Å². The van der Waals surface area contributed by atoms with Crippen LogP contribution in [0.1, 0.15) is 19.8 Å². The summed E-state index contributed by atoms with van der Waals surface area (Å²) in [6.45, 7) is 3.78. The minimum Gasteiger partial charge on any atom is -0.393 e. The van der Waals surface area contributed by atoms with Crippen LogP contribution in [0.25, 0.3) is 0 Å². The summed E-state index contributed by atoms with van der Waals surface area (Å²) in [7, 11) is 0. The van der Waals surface area contributed by atoms with Crippen LogP contribution in [0.5, 0.6) is 0 Å². The van der Waals surface area contributed by atoms with E-state index >= 15 is 0 Å². The molecule has 1 aromatic heterocycles. The van der Waals surface area contributed by atoms with Crippen LogP contribution in [0.15, 0.2) is 12.7 Å². The van der Waals surface area contributed by atoms with Gasteiger partial charge in [-0.25, -0.2) is 4.98 Å². The summed E-state index contributed by atoms with van der Waals surface area (Å²) >= 11 is 0. The third-order valence-electron chi connectivity index (χ3n) is 3.28. The molecule has 0 spiro atoms. The van der Waals surface area contributed by atoms with E-state index in [1.165, 1.54) is 6.33 Å². The summed E-state index contributed by atoms with van der Waals surface area (Å²) < 4.78 is 1.65. The van der Waals surface area contributed by atoms with Crippen molar-refractivity contribution >= 4 is 5.91 Å². The molecule has 1 aromatic rings. The number of aliphatic hydroxyl groups is 1. The Bertz CT molecular complexity index is 364. The first-order valence-electron chi connectivity index (χ1n) is 5.95. The van der Waals surface area contributed by atoms with Gasteiger partial charge in [-0.15, -0.1) is 0 Å². The Morgan fingerprint density at radius 3 is 3.06 bits per heavy atom. The number of rotatable bonds is 4. The van der Waals surface area contributed by atoms with Gasteiger partial charge in [-0.2, -0.15) is 5.10 Å². The second kappa shape index (κ2) is 5.27. The molecule has 1 amide bonds. The van der Waals surface area contributed by atoms with Gasteiger partial charge >= 0.3 is 0 Å². The lowest BCUT2D eigenvalue weighted by molar-refractivity contribution is -0.130. The average molecular weight is 238 g/mol. The van der Waals surface area contributed by atoms with Crippen LogP contribution in [0.2, 0.25) is 0 Å². The average Bonchev–Trinajstić information content (AvgIpc) is 2.96. The number of hydrogen-bond acceptors (Lipinski definition) is 4. The van der Waals surface area contributed by atoms with Crippen LogP contribution in [0, 0.1) is 5.92 Å². The van der Waals surface area contributed by atoms with Crippen molar-refractivity contribution in [3.8, 4) is 0 Å². The Morgan fingerprint density at radius 1 is 1.65 bits per heavy atom. The lowest BCUT2D eigenvalue weighted by atomic mass is 10.0. The number of aryl methyl sites for hydroxylation is 1. The van der Waals surface area contributed by atoms with E-state index in [0.29, 0.717) is 19.5 Å². The molecule has 0 aromatic carbocycles. The topological polar surface area (TPSA) is 71.2 Å². The molecule has 17 heavy (non-hydrogen) atoms. The minimum atomic E-state index is -0.330. The zero-order valence-electron chi connectivity index (χ0n) is 9.99. The van der Waals surface area contributed by atoms with Crippen LogP contribution >= 0.6 is 0 Å². The van der Waals surface area contributed by atoms with Crippen molar-refractivity contribution in [2.24, 2.45) is 5.92 Å². The molecule has 2 atom stereocenters. The highest BCUT2D eigenvalue weighted by Crippen LogP contribution is 2.20. The molecule has 0 radical (unpaired) electrons. The van der Waals surface area contributed by atoms with Crippen LogP contribution in [-0.4, -0.2) is 49.9 Å². The molecular weight excluding hydrogens is 220 g/mol. The van der Waals surface area contributed by atoms with E-state index in [1.54, 1.807) is 17.9 Å². The first kappa shape index (κ1) is 12.0. The summed E-state index contributed by atoms with van der Waals surface area (Å²) in [4.78, 5) is 17.5. The zero-order chi connectivity index (χ0) is 12.3. The van der Waals surface area contributed by atoms with Crippen LogP contribution in [0.3, 0.4) is 0 Å². The lowest BCUT2D eigenvalue weighted by Gasteiger charge is -2.17. The SMILES string of the molecule is CC(O)C1CCN(C(=O)CCn2cncn2)C1. The summed E-state index contributed by atoms with van der Waals surface area (Å²) in [5.41, 5.74) is 0. The van der Waals surface area contributed by atoms with Crippen LogP contribution < -0.4 is 0 Å². The highest BCUT2D eigenvalue weighted by molar-refractivity contribution is 5.76. The predicted octanol–water partition coefficient (Wildman–Crippen LogP) is -0.103. The normalized spacial score (nSPS) is 21.8. The van der Waals surface area contributed by atoms with Crippen LogP contribution in [0.4, 0.5) is 0 Å². The van der Waals surface area contributed by atoms with Crippen molar-refractivity contribution in [1.82, 2.24) is 19.7 Å². The van der Waals surface area contributed by atoms with Crippen molar-refractivity contribution in [3.63, 3.8) is 0 Å². The Labute approximate surface area is 100 Å². The number of carbonyl (C=O) groups excluding carboxylic acids is 1. The van der Waals surface area contributed by atoms with Gasteiger partial charge in [0.05, 0.1) is 12.6 Å². The molecular formula is C11H18N4O2. The fourth-order valence-electron chi connectivity index (χ4n) is 2.12. The van der Waals surface area contributed by atoms with Gasteiger partial charge in [0.2, 0.25) is 5.91 Å².